The predicted molar refractivity (Wildman–Crippen MR) is 71.3 cm³/mol. The molecule has 82 valence electrons. The van der Waals surface area contributed by atoms with Gasteiger partial charge in [-0.1, -0.05) is 30.3 Å². The lowest BCUT2D eigenvalue weighted by Gasteiger charge is -2.16. The lowest BCUT2D eigenvalue weighted by Crippen LogP contribution is -2.33. The molecule has 0 radical (unpaired) electrons. The van der Waals surface area contributed by atoms with Gasteiger partial charge in [0.1, 0.15) is 0 Å². The Morgan fingerprint density at radius 3 is 2.20 bits per heavy atom. The number of benzene rings is 1. The molecule has 0 aromatic heterocycles. The van der Waals surface area contributed by atoms with Crippen molar-refractivity contribution >= 4 is 54.1 Å². The summed E-state index contributed by atoms with van der Waals surface area (Å²) in [6, 6.07) is 8.31. The smallest absolute Gasteiger partial charge is 0.238 e. The highest BCUT2D eigenvalue weighted by atomic mass is 127. The third-order valence-corrected chi connectivity index (χ3v) is 7.90. The third-order valence-electron chi connectivity index (χ3n) is 1.77. The molecule has 0 aliphatic carbocycles. The molecular weight excluding hydrogens is 395 g/mol. The number of sulfone groups is 1. The fourth-order valence-electron chi connectivity index (χ4n) is 0.926. The van der Waals surface area contributed by atoms with Gasteiger partial charge in [-0.15, -0.1) is 0 Å². The first-order chi connectivity index (χ1) is 6.77. The first-order valence-corrected chi connectivity index (χ1v) is 7.70. The predicted octanol–water partition coefficient (Wildman–Crippen LogP) is 2.40. The summed E-state index contributed by atoms with van der Waals surface area (Å²) in [6.07, 6.45) is 1.02. The number of carbonyl (C=O) groups excluding carboxylic acids is 1. The summed E-state index contributed by atoms with van der Waals surface area (Å²) in [7, 11) is -3.50. The highest BCUT2D eigenvalue weighted by molar-refractivity contribution is 14.1. The lowest BCUT2D eigenvalue weighted by molar-refractivity contribution is 0.101. The summed E-state index contributed by atoms with van der Waals surface area (Å²) >= 11 is 4.54. The largest absolute Gasteiger partial charge is 0.290 e. The Balaban J connectivity index is 3.17. The van der Waals surface area contributed by atoms with Crippen LogP contribution in [0.5, 0.6) is 0 Å². The van der Waals surface area contributed by atoms with Crippen LogP contribution in [0.3, 0.4) is 0 Å². The molecule has 0 fully saturated rings. The van der Waals surface area contributed by atoms with E-state index in [0.717, 1.165) is 6.26 Å². The van der Waals surface area contributed by atoms with Crippen LogP contribution in [0.1, 0.15) is 10.4 Å². The fourth-order valence-corrected chi connectivity index (χ4v) is 1.92. The second-order valence-electron chi connectivity index (χ2n) is 2.98. The van der Waals surface area contributed by atoms with Crippen LogP contribution in [0.2, 0.25) is 0 Å². The summed E-state index contributed by atoms with van der Waals surface area (Å²) in [5.74, 6) is -0.466. The number of hydrogen-bond acceptors (Lipinski definition) is 3. The molecule has 3 nitrogen and oxygen atoms in total. The van der Waals surface area contributed by atoms with Crippen LogP contribution in [-0.2, 0) is 9.84 Å². The Morgan fingerprint density at radius 1 is 1.33 bits per heavy atom. The van der Waals surface area contributed by atoms with Gasteiger partial charge >= 0.3 is 0 Å². The van der Waals surface area contributed by atoms with Crippen molar-refractivity contribution < 1.29 is 13.2 Å². The molecule has 0 bridgehead atoms. The van der Waals surface area contributed by atoms with Crippen molar-refractivity contribution in [2.45, 2.75) is 1.66 Å². The average molecular weight is 403 g/mol. The summed E-state index contributed by atoms with van der Waals surface area (Å²) in [6.45, 7) is 0. The second kappa shape index (κ2) is 4.50. The van der Waals surface area contributed by atoms with Gasteiger partial charge in [0, 0.05) is 11.8 Å². The minimum absolute atomic E-state index is 0.370. The van der Waals surface area contributed by atoms with E-state index in [-0.39, 0.29) is 0 Å². The van der Waals surface area contributed by atoms with E-state index in [1.54, 1.807) is 52.9 Å². The van der Waals surface area contributed by atoms with Gasteiger partial charge in [0.05, 0.1) is 0 Å². The molecule has 1 rings (SSSR count). The third kappa shape index (κ3) is 2.79. The van der Waals surface area contributed by atoms with Crippen LogP contribution < -0.4 is 0 Å². The van der Waals surface area contributed by atoms with E-state index in [0.29, 0.717) is 5.56 Å². The van der Waals surface area contributed by atoms with Crippen molar-refractivity contribution in [3.05, 3.63) is 35.9 Å². The molecule has 0 amide bonds. The van der Waals surface area contributed by atoms with Crippen LogP contribution in [0, 0.1) is 0 Å². The lowest BCUT2D eigenvalue weighted by atomic mass is 10.2. The standard InChI is InChI=1S/C9H8BrIO3S/c1-15(13,14)9(10,11)8(12)7-5-3-2-4-6-7/h2-6H,1H3/t9-/m0/s1. The molecule has 15 heavy (non-hydrogen) atoms. The molecule has 0 saturated carbocycles. The molecule has 0 N–H and O–H groups in total. The van der Waals surface area contributed by atoms with E-state index in [9.17, 15) is 13.2 Å². The zero-order chi connectivity index (χ0) is 11.7. The van der Waals surface area contributed by atoms with E-state index in [2.05, 4.69) is 15.9 Å². The monoisotopic (exact) mass is 402 g/mol. The molecule has 1 aromatic carbocycles. The summed E-state index contributed by atoms with van der Waals surface area (Å²) in [4.78, 5) is 11.9. The van der Waals surface area contributed by atoms with Crippen LogP contribution in [0.25, 0.3) is 0 Å². The van der Waals surface area contributed by atoms with Gasteiger partial charge in [-0.25, -0.2) is 8.42 Å². The molecule has 0 unspecified atom stereocenters. The molecule has 1 atom stereocenters. The Bertz CT molecular complexity index is 467. The van der Waals surface area contributed by atoms with Gasteiger partial charge < -0.3 is 0 Å². The van der Waals surface area contributed by atoms with Gasteiger partial charge in [-0.3, -0.25) is 4.79 Å². The van der Waals surface area contributed by atoms with Crippen molar-refractivity contribution in [1.29, 1.82) is 0 Å². The summed E-state index contributed by atoms with van der Waals surface area (Å²) in [5.41, 5.74) is 0.370. The Labute approximate surface area is 110 Å². The van der Waals surface area contributed by atoms with E-state index >= 15 is 0 Å². The second-order valence-corrected chi connectivity index (χ2v) is 10.7. The molecule has 0 aliphatic rings. The molecule has 0 saturated heterocycles. The average Bonchev–Trinajstić information content (AvgIpc) is 2.16. The maximum absolute atomic E-state index is 11.9. The van der Waals surface area contributed by atoms with E-state index < -0.39 is 17.3 Å². The van der Waals surface area contributed by atoms with Crippen molar-refractivity contribution in [3.8, 4) is 0 Å². The Hall–Kier alpha value is 0.0500. The zero-order valence-electron chi connectivity index (χ0n) is 7.78. The summed E-state index contributed by atoms with van der Waals surface area (Å²) < 4.78 is 21.2. The van der Waals surface area contributed by atoms with Gasteiger partial charge in [0.15, 0.2) is 9.84 Å². The maximum Gasteiger partial charge on any atom is 0.238 e. The van der Waals surface area contributed by atoms with Crippen LogP contribution in [0.4, 0.5) is 0 Å². The first kappa shape index (κ1) is 13.1. The van der Waals surface area contributed by atoms with Crippen molar-refractivity contribution in [3.63, 3.8) is 0 Å². The SMILES string of the molecule is CS(=O)(=O)[C@@](Br)(I)C(=O)c1ccccc1. The molecule has 0 heterocycles. The molecule has 0 spiro atoms. The maximum atomic E-state index is 11.9. The number of ketones is 1. The molecule has 1 aromatic rings. The molecule has 0 aliphatic heterocycles. The highest BCUT2D eigenvalue weighted by Gasteiger charge is 2.43. The highest BCUT2D eigenvalue weighted by Crippen LogP contribution is 2.36. The summed E-state index contributed by atoms with van der Waals surface area (Å²) in [5, 5.41) is 0. The molecule has 6 heteroatoms. The normalized spacial score (nSPS) is 15.7. The first-order valence-electron chi connectivity index (χ1n) is 3.94. The van der Waals surface area contributed by atoms with E-state index in [1.807, 2.05) is 0 Å². The quantitative estimate of drug-likeness (QED) is 0.443. The van der Waals surface area contributed by atoms with Gasteiger partial charge in [0.25, 0.3) is 0 Å². The number of rotatable bonds is 3. The Morgan fingerprint density at radius 2 is 1.80 bits per heavy atom. The minimum atomic E-state index is -3.50. The van der Waals surface area contributed by atoms with Crippen LogP contribution in [0.15, 0.2) is 30.3 Å². The number of halogens is 2. The van der Waals surface area contributed by atoms with Crippen LogP contribution in [-0.4, -0.2) is 22.1 Å². The van der Waals surface area contributed by atoms with Gasteiger partial charge in [0.2, 0.25) is 7.45 Å². The number of alkyl halides is 2. The van der Waals surface area contributed by atoms with E-state index in [1.165, 1.54) is 0 Å². The van der Waals surface area contributed by atoms with Crippen molar-refractivity contribution in [2.24, 2.45) is 0 Å². The number of hydrogen-bond donors (Lipinski definition) is 0. The van der Waals surface area contributed by atoms with Crippen LogP contribution >= 0.6 is 38.5 Å². The number of Topliss-reactive ketones (excluding diaryl/α,β-unsaturated/α-hetero) is 1. The topological polar surface area (TPSA) is 51.2 Å². The van der Waals surface area contributed by atoms with Gasteiger partial charge in [-0.2, -0.15) is 0 Å². The molecular formula is C9H8BrIO3S. The zero-order valence-corrected chi connectivity index (χ0v) is 12.3. The van der Waals surface area contributed by atoms with Gasteiger partial charge in [-0.05, 0) is 38.5 Å². The number of carbonyl (C=O) groups is 1. The minimum Gasteiger partial charge on any atom is -0.290 e. The van der Waals surface area contributed by atoms with E-state index in [4.69, 9.17) is 0 Å². The van der Waals surface area contributed by atoms with Crippen molar-refractivity contribution in [1.82, 2.24) is 0 Å². The van der Waals surface area contributed by atoms with Crippen molar-refractivity contribution in [2.75, 3.05) is 6.26 Å². The Kier molecular flexibility index (Phi) is 3.94. The fraction of sp³-hybridized carbons (Fsp3) is 0.222.